The lowest BCUT2D eigenvalue weighted by atomic mass is 10.2. The van der Waals surface area contributed by atoms with Gasteiger partial charge in [-0.2, -0.15) is 0 Å². The van der Waals surface area contributed by atoms with Crippen LogP contribution in [0.5, 0.6) is 0 Å². The maximum atomic E-state index is 5.87. The Morgan fingerprint density at radius 2 is 2.08 bits per heavy atom. The molecule has 0 atom stereocenters. The molecule has 1 aromatic rings. The van der Waals surface area contributed by atoms with Gasteiger partial charge < -0.3 is 5.73 Å². The van der Waals surface area contributed by atoms with Crippen LogP contribution in [0.1, 0.15) is 5.56 Å². The summed E-state index contributed by atoms with van der Waals surface area (Å²) in [6, 6.07) is 7.50. The van der Waals surface area contributed by atoms with E-state index in [0.29, 0.717) is 10.0 Å². The SMILES string of the molecule is NC(=S)/C=C/c1ccccc1Cl. The quantitative estimate of drug-likeness (QED) is 0.583. The van der Waals surface area contributed by atoms with Gasteiger partial charge in [0.1, 0.15) is 0 Å². The second-order valence-electron chi connectivity index (χ2n) is 2.26. The topological polar surface area (TPSA) is 26.0 Å². The number of hydrogen-bond acceptors (Lipinski definition) is 1. The van der Waals surface area contributed by atoms with Crippen LogP contribution < -0.4 is 5.73 Å². The van der Waals surface area contributed by atoms with Gasteiger partial charge in [0.2, 0.25) is 0 Å². The Labute approximate surface area is 81.8 Å². The van der Waals surface area contributed by atoms with E-state index in [1.807, 2.05) is 24.3 Å². The molecule has 62 valence electrons. The van der Waals surface area contributed by atoms with E-state index in [-0.39, 0.29) is 0 Å². The molecule has 0 heterocycles. The maximum Gasteiger partial charge on any atom is 0.0962 e. The van der Waals surface area contributed by atoms with Gasteiger partial charge in [0.05, 0.1) is 4.99 Å². The van der Waals surface area contributed by atoms with Crippen LogP contribution in [0, 0.1) is 0 Å². The van der Waals surface area contributed by atoms with Gasteiger partial charge >= 0.3 is 0 Å². The van der Waals surface area contributed by atoms with E-state index in [1.165, 1.54) is 0 Å². The maximum absolute atomic E-state index is 5.87. The van der Waals surface area contributed by atoms with Crippen LogP contribution in [0.2, 0.25) is 5.02 Å². The average molecular weight is 198 g/mol. The number of benzene rings is 1. The molecule has 12 heavy (non-hydrogen) atoms. The molecule has 0 bridgehead atoms. The molecular formula is C9H8ClNS. The molecule has 0 aliphatic carbocycles. The third kappa shape index (κ3) is 2.64. The van der Waals surface area contributed by atoms with Crippen molar-refractivity contribution in [1.82, 2.24) is 0 Å². The van der Waals surface area contributed by atoms with Crippen molar-refractivity contribution in [1.29, 1.82) is 0 Å². The van der Waals surface area contributed by atoms with Crippen LogP contribution in [-0.4, -0.2) is 4.99 Å². The van der Waals surface area contributed by atoms with Gasteiger partial charge in [-0.25, -0.2) is 0 Å². The zero-order valence-corrected chi connectivity index (χ0v) is 7.90. The molecule has 0 amide bonds. The van der Waals surface area contributed by atoms with Crippen molar-refractivity contribution >= 4 is 34.9 Å². The number of hydrogen-bond donors (Lipinski definition) is 1. The van der Waals surface area contributed by atoms with Gasteiger partial charge in [0.15, 0.2) is 0 Å². The zero-order chi connectivity index (χ0) is 8.97. The molecule has 0 aliphatic rings. The molecule has 2 N–H and O–H groups in total. The van der Waals surface area contributed by atoms with Gasteiger partial charge in [0.25, 0.3) is 0 Å². The van der Waals surface area contributed by atoms with Crippen LogP contribution in [0.25, 0.3) is 6.08 Å². The summed E-state index contributed by atoms with van der Waals surface area (Å²) in [7, 11) is 0. The smallest absolute Gasteiger partial charge is 0.0962 e. The van der Waals surface area contributed by atoms with E-state index in [9.17, 15) is 0 Å². The minimum Gasteiger partial charge on any atom is -0.390 e. The number of nitrogens with two attached hydrogens (primary N) is 1. The van der Waals surface area contributed by atoms with E-state index < -0.39 is 0 Å². The summed E-state index contributed by atoms with van der Waals surface area (Å²) < 4.78 is 0. The van der Waals surface area contributed by atoms with E-state index in [4.69, 9.17) is 17.3 Å². The highest BCUT2D eigenvalue weighted by Gasteiger charge is 1.92. The fourth-order valence-corrected chi connectivity index (χ4v) is 1.05. The molecule has 1 rings (SSSR count). The third-order valence-electron chi connectivity index (χ3n) is 1.33. The lowest BCUT2D eigenvalue weighted by Crippen LogP contribution is -2.01. The summed E-state index contributed by atoms with van der Waals surface area (Å²) in [5, 5.41) is 0.699. The normalized spacial score (nSPS) is 10.4. The molecule has 1 nitrogen and oxygen atoms in total. The van der Waals surface area contributed by atoms with E-state index in [2.05, 4.69) is 12.2 Å². The summed E-state index contributed by atoms with van der Waals surface area (Å²) in [5.41, 5.74) is 6.22. The van der Waals surface area contributed by atoms with Crippen LogP contribution in [0.3, 0.4) is 0 Å². The number of thiocarbonyl (C=S) groups is 1. The summed E-state index contributed by atoms with van der Waals surface area (Å²) >= 11 is 10.6. The summed E-state index contributed by atoms with van der Waals surface area (Å²) in [6.45, 7) is 0. The van der Waals surface area contributed by atoms with Crippen molar-refractivity contribution in [3.05, 3.63) is 40.9 Å². The standard InChI is InChI=1S/C9H8ClNS/c10-8-4-2-1-3-7(8)5-6-9(11)12/h1-6H,(H2,11,12)/b6-5+. The van der Waals surface area contributed by atoms with Gasteiger partial charge in [-0.1, -0.05) is 48.1 Å². The predicted molar refractivity (Wildman–Crippen MR) is 57.3 cm³/mol. The largest absolute Gasteiger partial charge is 0.390 e. The van der Waals surface area contributed by atoms with E-state index >= 15 is 0 Å². The summed E-state index contributed by atoms with van der Waals surface area (Å²) in [5.74, 6) is 0. The molecule has 1 aromatic carbocycles. The van der Waals surface area contributed by atoms with Crippen LogP contribution in [-0.2, 0) is 0 Å². The summed E-state index contributed by atoms with van der Waals surface area (Å²) in [6.07, 6.45) is 3.45. The minimum atomic E-state index is 0.356. The number of rotatable bonds is 2. The fraction of sp³-hybridized carbons (Fsp3) is 0. The third-order valence-corrected chi connectivity index (χ3v) is 1.81. The van der Waals surface area contributed by atoms with Gasteiger partial charge in [-0.3, -0.25) is 0 Å². The van der Waals surface area contributed by atoms with Gasteiger partial charge in [0, 0.05) is 5.02 Å². The van der Waals surface area contributed by atoms with Crippen molar-refractivity contribution in [3.63, 3.8) is 0 Å². The second-order valence-corrected chi connectivity index (χ2v) is 3.14. The van der Waals surface area contributed by atoms with Crippen LogP contribution >= 0.6 is 23.8 Å². The molecule has 0 radical (unpaired) electrons. The van der Waals surface area contributed by atoms with E-state index in [0.717, 1.165) is 5.56 Å². The van der Waals surface area contributed by atoms with Crippen molar-refractivity contribution in [3.8, 4) is 0 Å². The highest BCUT2D eigenvalue weighted by Crippen LogP contribution is 2.15. The first kappa shape index (κ1) is 9.23. The molecule has 0 aromatic heterocycles. The Morgan fingerprint density at radius 3 is 2.67 bits per heavy atom. The Hall–Kier alpha value is -0.860. The minimum absolute atomic E-state index is 0.356. The summed E-state index contributed by atoms with van der Waals surface area (Å²) in [4.78, 5) is 0.356. The molecule has 0 saturated heterocycles. The Balaban J connectivity index is 2.89. The molecule has 0 aliphatic heterocycles. The molecule has 0 fully saturated rings. The first-order valence-electron chi connectivity index (χ1n) is 3.42. The van der Waals surface area contributed by atoms with Gasteiger partial charge in [-0.15, -0.1) is 0 Å². The molecule has 0 unspecified atom stereocenters. The average Bonchev–Trinajstić information content (AvgIpc) is 2.03. The lowest BCUT2D eigenvalue weighted by molar-refractivity contribution is 1.66. The predicted octanol–water partition coefficient (Wildman–Crippen LogP) is 2.64. The number of halogens is 1. The van der Waals surface area contributed by atoms with Crippen molar-refractivity contribution < 1.29 is 0 Å². The first-order valence-corrected chi connectivity index (χ1v) is 4.21. The lowest BCUT2D eigenvalue weighted by Gasteiger charge is -1.95. The van der Waals surface area contributed by atoms with Crippen molar-refractivity contribution in [2.45, 2.75) is 0 Å². The highest BCUT2D eigenvalue weighted by molar-refractivity contribution is 7.80. The van der Waals surface area contributed by atoms with Crippen LogP contribution in [0.4, 0.5) is 0 Å². The first-order chi connectivity index (χ1) is 5.70. The highest BCUT2D eigenvalue weighted by atomic mass is 35.5. The van der Waals surface area contributed by atoms with Gasteiger partial charge in [-0.05, 0) is 17.7 Å². The fourth-order valence-electron chi connectivity index (χ4n) is 0.782. The van der Waals surface area contributed by atoms with Crippen LogP contribution in [0.15, 0.2) is 30.3 Å². The molecule has 0 spiro atoms. The van der Waals surface area contributed by atoms with Crippen molar-refractivity contribution in [2.75, 3.05) is 0 Å². The Morgan fingerprint density at radius 1 is 1.42 bits per heavy atom. The monoisotopic (exact) mass is 197 g/mol. The van der Waals surface area contributed by atoms with Crippen molar-refractivity contribution in [2.24, 2.45) is 5.73 Å². The molecule has 3 heteroatoms. The Bertz CT molecular complexity index is 320. The zero-order valence-electron chi connectivity index (χ0n) is 6.33. The second kappa shape index (κ2) is 4.24. The Kier molecular flexibility index (Phi) is 3.26. The van der Waals surface area contributed by atoms with E-state index in [1.54, 1.807) is 12.2 Å². The molecule has 0 saturated carbocycles. The molecular weight excluding hydrogens is 190 g/mol.